The van der Waals surface area contributed by atoms with Crippen LogP contribution < -0.4 is 24.9 Å². The molecule has 0 bridgehead atoms. The van der Waals surface area contributed by atoms with E-state index < -0.39 is 37.4 Å². The maximum Gasteiger partial charge on any atom is 0.265 e. The van der Waals surface area contributed by atoms with Crippen LogP contribution in [0.25, 0.3) is 0 Å². The van der Waals surface area contributed by atoms with E-state index >= 15 is 0 Å². The molecule has 5 rings (SSSR count). The fraction of sp³-hybridized carbons (Fsp3) is 0.552. The van der Waals surface area contributed by atoms with Crippen LogP contribution in [0.3, 0.4) is 0 Å². The second kappa shape index (κ2) is 11.3. The van der Waals surface area contributed by atoms with Crippen molar-refractivity contribution in [3.05, 3.63) is 46.1 Å². The summed E-state index contributed by atoms with van der Waals surface area (Å²) >= 11 is 0. The summed E-state index contributed by atoms with van der Waals surface area (Å²) in [6, 6.07) is 7.65. The second-order valence-electron chi connectivity index (χ2n) is 12.2. The highest BCUT2D eigenvalue weighted by Gasteiger charge is 2.40. The van der Waals surface area contributed by atoms with Crippen molar-refractivity contribution in [3.63, 3.8) is 0 Å². The van der Waals surface area contributed by atoms with Crippen LogP contribution in [0.2, 0.25) is 0 Å². The van der Waals surface area contributed by atoms with E-state index in [2.05, 4.69) is 9.48 Å². The smallest absolute Gasteiger partial charge is 0.265 e. The molecule has 42 heavy (non-hydrogen) atoms. The molecule has 0 amide bonds. The summed E-state index contributed by atoms with van der Waals surface area (Å²) in [7, 11) is -8.27. The molecular weight excluding hydrogens is 582 g/mol. The highest BCUT2D eigenvalue weighted by molar-refractivity contribution is 7.86. The minimum atomic E-state index is -4.24. The van der Waals surface area contributed by atoms with Crippen LogP contribution >= 0.6 is 0 Å². The molecule has 0 saturated carbocycles. The molecule has 3 aliphatic rings. The van der Waals surface area contributed by atoms with Crippen LogP contribution in [-0.4, -0.2) is 68.4 Å². The van der Waals surface area contributed by atoms with Crippen LogP contribution in [0.15, 0.2) is 29.3 Å². The first-order valence-electron chi connectivity index (χ1n) is 14.3. The largest absolute Gasteiger partial charge is 0.452 e. The van der Waals surface area contributed by atoms with E-state index in [0.717, 1.165) is 41.6 Å². The van der Waals surface area contributed by atoms with E-state index in [1.807, 2.05) is 38.1 Å². The monoisotopic (exact) mass is 620 g/mol. The Hall–Kier alpha value is -2.87. The van der Waals surface area contributed by atoms with Crippen LogP contribution in [0.5, 0.6) is 11.5 Å². The Kier molecular flexibility index (Phi) is 8.25. The molecule has 1 unspecified atom stereocenters. The quantitative estimate of drug-likeness (QED) is 0.257. The fourth-order valence-corrected chi connectivity index (χ4v) is 7.83. The number of hydrogen-bond acceptors (Lipinski definition) is 8. The Bertz CT molecular complexity index is 1770. The standard InChI is InChI=1S/C29H37N3O8S2/c1-19(33)7-4-11-32-26-16-28-24(14-22(26)21(17-29(32,2)3)18-42(37,38)39)30-23-13-20-8-5-9-31(10-6-12-41(34,35)36)25(20)15-27(23)40-28/h13-16,21H,4-12,17-18H2,1-3H3,(H-,34,35,36,37,38,39)/p+1. The van der Waals surface area contributed by atoms with Crippen LogP contribution in [0, 0.1) is 0 Å². The average Bonchev–Trinajstić information content (AvgIpc) is 2.85. The Labute approximate surface area is 246 Å². The molecule has 3 heterocycles. The number of aryl methyl sites for hydroxylation is 1. The zero-order chi connectivity index (χ0) is 30.4. The fourth-order valence-electron chi connectivity index (χ4n) is 6.53. The highest BCUT2D eigenvalue weighted by atomic mass is 32.2. The third-order valence-corrected chi connectivity index (χ3v) is 9.93. The zero-order valence-electron chi connectivity index (χ0n) is 24.2. The van der Waals surface area contributed by atoms with Gasteiger partial charge in [-0.05, 0) is 57.7 Å². The van der Waals surface area contributed by atoms with Gasteiger partial charge in [-0.25, -0.2) is 9.57 Å². The molecule has 2 N–H and O–H groups in total. The lowest BCUT2D eigenvalue weighted by Crippen LogP contribution is -2.50. The van der Waals surface area contributed by atoms with E-state index in [1.165, 1.54) is 0 Å². The van der Waals surface area contributed by atoms with Crippen molar-refractivity contribution < 1.29 is 35.5 Å². The number of anilines is 1. The van der Waals surface area contributed by atoms with Gasteiger partial charge in [0, 0.05) is 54.6 Å². The lowest BCUT2D eigenvalue weighted by Gasteiger charge is -2.48. The molecule has 0 radical (unpaired) electrons. The van der Waals surface area contributed by atoms with Gasteiger partial charge in [-0.2, -0.15) is 16.8 Å². The van der Waals surface area contributed by atoms with Gasteiger partial charge in [0.05, 0.1) is 17.6 Å². The molecular formula is C29H38N3O8S2+. The first kappa shape index (κ1) is 30.6. The van der Waals surface area contributed by atoms with Crippen LogP contribution in [0.4, 0.5) is 11.4 Å². The SMILES string of the molecule is CC(=O)CCCN1c2cc3c(cc2C(CS(=O)(=O)O)CC1(C)C)N=c1cc2c(cc1O3)=[N+](CCCS(=O)(=O)O)CCC2. The highest BCUT2D eigenvalue weighted by Crippen LogP contribution is 2.49. The zero-order valence-corrected chi connectivity index (χ0v) is 25.8. The molecule has 0 fully saturated rings. The summed E-state index contributed by atoms with van der Waals surface area (Å²) in [6.07, 6.45) is 3.62. The van der Waals surface area contributed by atoms with Crippen molar-refractivity contribution in [2.24, 2.45) is 4.99 Å². The van der Waals surface area contributed by atoms with Crippen LogP contribution in [0.1, 0.15) is 69.9 Å². The van der Waals surface area contributed by atoms with E-state index in [1.54, 1.807) is 6.92 Å². The van der Waals surface area contributed by atoms with Gasteiger partial charge in [-0.3, -0.25) is 9.11 Å². The van der Waals surface area contributed by atoms with E-state index in [4.69, 9.17) is 14.3 Å². The van der Waals surface area contributed by atoms with E-state index in [9.17, 15) is 26.2 Å². The molecule has 11 nitrogen and oxygen atoms in total. The molecule has 3 aliphatic heterocycles. The summed E-state index contributed by atoms with van der Waals surface area (Å²) in [5.74, 6) is 0.0448. The number of nitrogens with zero attached hydrogens (tertiary/aromatic N) is 3. The summed E-state index contributed by atoms with van der Waals surface area (Å²) in [4.78, 5) is 18.7. The van der Waals surface area contributed by atoms with E-state index in [0.29, 0.717) is 61.3 Å². The predicted molar refractivity (Wildman–Crippen MR) is 159 cm³/mol. The van der Waals surface area contributed by atoms with Crippen LogP contribution in [-0.2, 0) is 31.5 Å². The number of carbonyl (C=O) groups is 1. The average molecular weight is 621 g/mol. The van der Waals surface area contributed by atoms with Crippen molar-refractivity contribution in [2.45, 2.75) is 70.8 Å². The molecule has 228 valence electrons. The molecule has 2 aromatic rings. The summed E-state index contributed by atoms with van der Waals surface area (Å²) in [6.45, 7) is 7.46. The number of ether oxygens (including phenoxy) is 1. The third kappa shape index (κ3) is 6.85. The lowest BCUT2D eigenvalue weighted by molar-refractivity contribution is -0.117. The van der Waals surface area contributed by atoms with E-state index in [-0.39, 0.29) is 11.5 Å². The van der Waals surface area contributed by atoms with Gasteiger partial charge in [0.15, 0.2) is 11.5 Å². The first-order chi connectivity index (χ1) is 19.6. The van der Waals surface area contributed by atoms with Gasteiger partial charge >= 0.3 is 0 Å². The number of Topliss-reactive ketones (excluding diaryl/α,β-unsaturated/α-hetero) is 1. The minimum absolute atomic E-state index is 0.105. The Morgan fingerprint density at radius 1 is 1.10 bits per heavy atom. The maximum absolute atomic E-state index is 12.0. The third-order valence-electron chi connectivity index (χ3n) is 8.30. The van der Waals surface area contributed by atoms with Gasteiger partial charge in [0.25, 0.3) is 20.2 Å². The second-order valence-corrected chi connectivity index (χ2v) is 15.3. The van der Waals surface area contributed by atoms with Gasteiger partial charge in [0.1, 0.15) is 29.9 Å². The number of ketones is 1. The van der Waals surface area contributed by atoms with Gasteiger partial charge in [-0.15, -0.1) is 0 Å². The number of fused-ring (bicyclic) bond motifs is 4. The predicted octanol–water partition coefficient (Wildman–Crippen LogP) is 2.79. The molecule has 0 aliphatic carbocycles. The molecule has 2 aromatic carbocycles. The minimum Gasteiger partial charge on any atom is -0.452 e. The maximum atomic E-state index is 12.0. The van der Waals surface area contributed by atoms with Crippen molar-refractivity contribution in [2.75, 3.05) is 36.0 Å². The van der Waals surface area contributed by atoms with Gasteiger partial charge in [-0.1, -0.05) is 0 Å². The van der Waals surface area contributed by atoms with Crippen molar-refractivity contribution in [1.82, 2.24) is 4.58 Å². The molecule has 0 saturated heterocycles. The lowest BCUT2D eigenvalue weighted by atomic mass is 9.79. The van der Waals surface area contributed by atoms with Gasteiger partial charge in [0.2, 0.25) is 5.36 Å². The number of hydrogen-bond donors (Lipinski definition) is 2. The Morgan fingerprint density at radius 2 is 1.86 bits per heavy atom. The van der Waals surface area contributed by atoms with Crippen molar-refractivity contribution in [1.29, 1.82) is 0 Å². The number of carbonyl (C=O) groups excluding carboxylic acids is 1. The summed E-state index contributed by atoms with van der Waals surface area (Å²) < 4.78 is 73.8. The molecule has 1 atom stereocenters. The Balaban J connectivity index is 1.57. The van der Waals surface area contributed by atoms with Gasteiger partial charge < -0.3 is 14.4 Å². The molecule has 13 heteroatoms. The van der Waals surface area contributed by atoms with Crippen molar-refractivity contribution in [3.8, 4) is 11.5 Å². The normalized spacial score (nSPS) is 19.1. The number of rotatable bonds is 10. The first-order valence-corrected chi connectivity index (χ1v) is 17.5. The summed E-state index contributed by atoms with van der Waals surface area (Å²) in [5, 5.41) is 1.61. The molecule has 0 aromatic heterocycles. The topological polar surface area (TPSA) is 154 Å². The number of benzene rings is 2. The molecule has 0 spiro atoms. The Morgan fingerprint density at radius 3 is 2.55 bits per heavy atom. The van der Waals surface area contributed by atoms with Crippen molar-refractivity contribution >= 4 is 37.4 Å². The summed E-state index contributed by atoms with van der Waals surface area (Å²) in [5.41, 5.74) is 2.77.